The summed E-state index contributed by atoms with van der Waals surface area (Å²) in [5.41, 5.74) is 2.24. The summed E-state index contributed by atoms with van der Waals surface area (Å²) in [6.45, 7) is 7.06. The first kappa shape index (κ1) is 17.1. The first-order valence-electron chi connectivity index (χ1n) is 8.55. The minimum Gasteiger partial charge on any atom is -0.354 e. The topological polar surface area (TPSA) is 71.8 Å². The Bertz CT molecular complexity index is 667. The summed E-state index contributed by atoms with van der Waals surface area (Å²) >= 11 is 1.71. The minimum atomic E-state index is 0.00807. The molecule has 2 aromatic rings. The Balaban J connectivity index is 1.49. The lowest BCUT2D eigenvalue weighted by atomic mass is 9.96. The third-order valence-corrected chi connectivity index (χ3v) is 5.62. The Morgan fingerprint density at radius 1 is 1.50 bits per heavy atom. The van der Waals surface area contributed by atoms with Crippen molar-refractivity contribution in [3.05, 3.63) is 33.5 Å². The number of carbonyl (C=O) groups excluding carboxylic acids is 1. The Hall–Kier alpha value is -1.73. The van der Waals surface area contributed by atoms with Crippen LogP contribution in [0, 0.1) is 13.8 Å². The first-order chi connectivity index (χ1) is 11.6. The number of hydrogen-bond acceptors (Lipinski definition) is 5. The molecular weight excluding hydrogens is 322 g/mol. The summed E-state index contributed by atoms with van der Waals surface area (Å²) in [5, 5.41) is 11.8. The maximum absolute atomic E-state index is 12.2. The Morgan fingerprint density at radius 2 is 2.38 bits per heavy atom. The number of rotatable bonds is 6. The normalized spacial score (nSPS) is 17.8. The van der Waals surface area contributed by atoms with Gasteiger partial charge in [-0.25, -0.2) is 4.98 Å². The zero-order valence-corrected chi connectivity index (χ0v) is 15.2. The van der Waals surface area contributed by atoms with Gasteiger partial charge in [-0.3, -0.25) is 9.48 Å². The average Bonchev–Trinajstić information content (AvgIpc) is 3.15. The molecule has 1 amide bonds. The van der Waals surface area contributed by atoms with Crippen molar-refractivity contribution in [2.45, 2.75) is 45.6 Å². The summed E-state index contributed by atoms with van der Waals surface area (Å²) in [5.74, 6) is 0.462. The molecule has 7 heteroatoms. The van der Waals surface area contributed by atoms with Gasteiger partial charge < -0.3 is 10.6 Å². The third-order valence-electron chi connectivity index (χ3n) is 4.49. The molecule has 6 nitrogen and oxygen atoms in total. The van der Waals surface area contributed by atoms with E-state index in [9.17, 15) is 4.79 Å². The molecule has 1 aliphatic rings. The molecule has 1 saturated heterocycles. The molecule has 0 spiro atoms. The maximum Gasteiger partial charge on any atom is 0.241 e. The van der Waals surface area contributed by atoms with Gasteiger partial charge in [-0.1, -0.05) is 0 Å². The number of piperidine rings is 1. The number of hydrogen-bond donors (Lipinski definition) is 2. The highest BCUT2D eigenvalue weighted by atomic mass is 32.1. The standard InChI is InChI=1S/C17H25N5OS/c1-12-13(2)24-17(21-12)6-8-19-16(23)11-22-15(5-9-20-22)14-4-3-7-18-10-14/h5,9,14,18H,3-4,6-8,10-11H2,1-2H3,(H,19,23)/t14-/m1/s1. The molecule has 2 aromatic heterocycles. The highest BCUT2D eigenvalue weighted by Crippen LogP contribution is 2.22. The van der Waals surface area contributed by atoms with E-state index in [4.69, 9.17) is 0 Å². The molecule has 0 unspecified atom stereocenters. The van der Waals surface area contributed by atoms with E-state index in [1.165, 1.54) is 11.3 Å². The van der Waals surface area contributed by atoms with Crippen LogP contribution >= 0.6 is 11.3 Å². The molecule has 0 aliphatic carbocycles. The lowest BCUT2D eigenvalue weighted by Gasteiger charge is -2.23. The molecule has 1 aliphatic heterocycles. The number of nitrogens with zero attached hydrogens (tertiary/aromatic N) is 3. The van der Waals surface area contributed by atoms with Crippen LogP contribution in [0.1, 0.15) is 40.0 Å². The molecule has 0 radical (unpaired) electrons. The van der Waals surface area contributed by atoms with Gasteiger partial charge in [-0.15, -0.1) is 11.3 Å². The van der Waals surface area contributed by atoms with Gasteiger partial charge in [0.15, 0.2) is 0 Å². The zero-order valence-electron chi connectivity index (χ0n) is 14.3. The lowest BCUT2D eigenvalue weighted by Crippen LogP contribution is -2.33. The van der Waals surface area contributed by atoms with Crippen LogP contribution in [0.25, 0.3) is 0 Å². The van der Waals surface area contributed by atoms with Gasteiger partial charge in [0.05, 0.1) is 10.7 Å². The summed E-state index contributed by atoms with van der Waals surface area (Å²) in [4.78, 5) is 18.0. The fourth-order valence-corrected chi connectivity index (χ4v) is 4.01. The molecule has 2 N–H and O–H groups in total. The van der Waals surface area contributed by atoms with Crippen LogP contribution in [-0.2, 0) is 17.8 Å². The van der Waals surface area contributed by atoms with Crippen molar-refractivity contribution < 1.29 is 4.79 Å². The van der Waals surface area contributed by atoms with E-state index in [0.717, 1.165) is 42.3 Å². The van der Waals surface area contributed by atoms with Gasteiger partial charge in [-0.2, -0.15) is 5.10 Å². The second-order valence-corrected chi connectivity index (χ2v) is 7.59. The van der Waals surface area contributed by atoms with E-state index >= 15 is 0 Å². The van der Waals surface area contributed by atoms with Crippen molar-refractivity contribution in [3.63, 3.8) is 0 Å². The van der Waals surface area contributed by atoms with E-state index < -0.39 is 0 Å². The number of carbonyl (C=O) groups is 1. The first-order valence-corrected chi connectivity index (χ1v) is 9.37. The van der Waals surface area contributed by atoms with Crippen molar-refractivity contribution >= 4 is 17.2 Å². The molecule has 1 atom stereocenters. The molecule has 0 aromatic carbocycles. The predicted octanol–water partition coefficient (Wildman–Crippen LogP) is 1.78. The Kier molecular flexibility index (Phi) is 5.63. The van der Waals surface area contributed by atoms with Crippen LogP contribution in [0.4, 0.5) is 0 Å². The van der Waals surface area contributed by atoms with Crippen molar-refractivity contribution in [1.82, 2.24) is 25.4 Å². The predicted molar refractivity (Wildman–Crippen MR) is 95.4 cm³/mol. The van der Waals surface area contributed by atoms with Gasteiger partial charge in [0.2, 0.25) is 5.91 Å². The summed E-state index contributed by atoms with van der Waals surface area (Å²) in [6, 6.07) is 2.03. The Labute approximate surface area is 146 Å². The maximum atomic E-state index is 12.2. The number of amides is 1. The number of thiazole rings is 1. The van der Waals surface area contributed by atoms with Crippen LogP contribution in [0.5, 0.6) is 0 Å². The molecule has 130 valence electrons. The van der Waals surface area contributed by atoms with E-state index in [0.29, 0.717) is 12.5 Å². The van der Waals surface area contributed by atoms with Gasteiger partial charge in [0.1, 0.15) is 6.54 Å². The van der Waals surface area contributed by atoms with E-state index in [1.807, 2.05) is 17.7 Å². The second kappa shape index (κ2) is 7.90. The molecule has 3 rings (SSSR count). The fraction of sp³-hybridized carbons (Fsp3) is 0.588. The molecule has 0 saturated carbocycles. The number of aryl methyl sites for hydroxylation is 2. The summed E-state index contributed by atoms with van der Waals surface area (Å²) < 4.78 is 1.84. The highest BCUT2D eigenvalue weighted by Gasteiger charge is 2.19. The van der Waals surface area contributed by atoms with Crippen LogP contribution in [0.3, 0.4) is 0 Å². The van der Waals surface area contributed by atoms with E-state index in [2.05, 4.69) is 27.6 Å². The molecule has 24 heavy (non-hydrogen) atoms. The van der Waals surface area contributed by atoms with Crippen molar-refractivity contribution in [3.8, 4) is 0 Å². The second-order valence-electron chi connectivity index (χ2n) is 6.31. The smallest absolute Gasteiger partial charge is 0.241 e. The quantitative estimate of drug-likeness (QED) is 0.836. The number of aromatic nitrogens is 3. The van der Waals surface area contributed by atoms with E-state index in [1.54, 1.807) is 17.5 Å². The third kappa shape index (κ3) is 4.21. The molecular formula is C17H25N5OS. The van der Waals surface area contributed by atoms with Gasteiger partial charge in [0.25, 0.3) is 0 Å². The van der Waals surface area contributed by atoms with Crippen LogP contribution in [-0.4, -0.2) is 40.3 Å². The highest BCUT2D eigenvalue weighted by molar-refractivity contribution is 7.11. The largest absolute Gasteiger partial charge is 0.354 e. The summed E-state index contributed by atoms with van der Waals surface area (Å²) in [6.07, 6.45) is 4.90. The average molecular weight is 347 g/mol. The summed E-state index contributed by atoms with van der Waals surface area (Å²) in [7, 11) is 0. The van der Waals surface area contributed by atoms with Crippen LogP contribution in [0.15, 0.2) is 12.3 Å². The van der Waals surface area contributed by atoms with Crippen molar-refractivity contribution in [2.24, 2.45) is 0 Å². The lowest BCUT2D eigenvalue weighted by molar-refractivity contribution is -0.121. The van der Waals surface area contributed by atoms with Crippen molar-refractivity contribution in [2.75, 3.05) is 19.6 Å². The van der Waals surface area contributed by atoms with Crippen molar-refractivity contribution in [1.29, 1.82) is 0 Å². The van der Waals surface area contributed by atoms with Gasteiger partial charge >= 0.3 is 0 Å². The number of nitrogens with one attached hydrogen (secondary N) is 2. The zero-order chi connectivity index (χ0) is 16.9. The van der Waals surface area contributed by atoms with E-state index in [-0.39, 0.29) is 12.5 Å². The monoisotopic (exact) mass is 347 g/mol. The molecule has 1 fully saturated rings. The fourth-order valence-electron chi connectivity index (χ4n) is 3.07. The molecule has 0 bridgehead atoms. The Morgan fingerprint density at radius 3 is 3.08 bits per heavy atom. The SMILES string of the molecule is Cc1nc(CCNC(=O)Cn2nccc2[C@@H]2CCCNC2)sc1C. The minimum absolute atomic E-state index is 0.00807. The van der Waals surface area contributed by atoms with Crippen LogP contribution in [0.2, 0.25) is 0 Å². The van der Waals surface area contributed by atoms with Gasteiger partial charge in [-0.05, 0) is 39.3 Å². The molecule has 3 heterocycles. The van der Waals surface area contributed by atoms with Gasteiger partial charge in [0, 0.05) is 42.2 Å². The van der Waals surface area contributed by atoms with Crippen LogP contribution < -0.4 is 10.6 Å².